The Bertz CT molecular complexity index is 764. The Labute approximate surface area is 162 Å². The van der Waals surface area contributed by atoms with Crippen LogP contribution in [0.3, 0.4) is 0 Å². The lowest BCUT2D eigenvalue weighted by molar-refractivity contribution is -0.117. The maximum atomic E-state index is 12.5. The maximum absolute atomic E-state index is 12.5. The van der Waals surface area contributed by atoms with E-state index >= 15 is 0 Å². The summed E-state index contributed by atoms with van der Waals surface area (Å²) in [5, 5.41) is 3.45. The second-order valence-electron chi connectivity index (χ2n) is 6.48. The van der Waals surface area contributed by atoms with Gasteiger partial charge in [0.1, 0.15) is 10.8 Å². The van der Waals surface area contributed by atoms with Gasteiger partial charge in [0.25, 0.3) is 0 Å². The van der Waals surface area contributed by atoms with Crippen molar-refractivity contribution < 1.29 is 18.7 Å². The number of methoxy groups -OCH3 is 1. The Balaban J connectivity index is 1.50. The van der Waals surface area contributed by atoms with E-state index in [4.69, 9.17) is 9.15 Å². The first-order valence-electron chi connectivity index (χ1n) is 9.07. The molecule has 27 heavy (non-hydrogen) atoms. The molecule has 1 saturated heterocycles. The normalized spacial score (nSPS) is 15.6. The molecule has 8 heteroatoms. The molecule has 0 saturated carbocycles. The van der Waals surface area contributed by atoms with Crippen molar-refractivity contribution in [3.8, 4) is 0 Å². The maximum Gasteiger partial charge on any atom is 0.340 e. The lowest BCUT2D eigenvalue weighted by Gasteiger charge is -2.33. The van der Waals surface area contributed by atoms with Crippen LogP contribution in [0.1, 0.15) is 27.9 Å². The molecule has 2 aromatic rings. The van der Waals surface area contributed by atoms with Crippen molar-refractivity contribution in [3.63, 3.8) is 0 Å². The molecule has 1 amide bonds. The zero-order valence-electron chi connectivity index (χ0n) is 15.7. The van der Waals surface area contributed by atoms with Crippen LogP contribution in [0.4, 0.5) is 5.00 Å². The van der Waals surface area contributed by atoms with Crippen LogP contribution in [0.2, 0.25) is 0 Å². The number of carbonyl (C=O) groups excluding carboxylic acids is 2. The zero-order chi connectivity index (χ0) is 19.2. The van der Waals surface area contributed by atoms with E-state index in [0.29, 0.717) is 17.1 Å². The number of nitrogens with one attached hydrogen (secondary N) is 1. The van der Waals surface area contributed by atoms with Crippen molar-refractivity contribution in [2.24, 2.45) is 0 Å². The molecule has 0 atom stereocenters. The third-order valence-corrected chi connectivity index (χ3v) is 5.78. The van der Waals surface area contributed by atoms with E-state index in [1.807, 2.05) is 19.1 Å². The van der Waals surface area contributed by atoms with Gasteiger partial charge in [-0.25, -0.2) is 4.79 Å². The number of furan rings is 1. The number of ether oxygens (including phenoxy) is 1. The smallest absolute Gasteiger partial charge is 0.340 e. The van der Waals surface area contributed by atoms with Crippen molar-refractivity contribution in [2.75, 3.05) is 45.2 Å². The molecule has 2 aromatic heterocycles. The van der Waals surface area contributed by atoms with E-state index in [9.17, 15) is 9.59 Å². The Morgan fingerprint density at radius 1 is 1.26 bits per heavy atom. The fraction of sp³-hybridized carbons (Fsp3) is 0.474. The van der Waals surface area contributed by atoms with E-state index in [1.54, 1.807) is 12.3 Å². The van der Waals surface area contributed by atoms with E-state index in [-0.39, 0.29) is 5.91 Å². The summed E-state index contributed by atoms with van der Waals surface area (Å²) in [4.78, 5) is 29.8. The van der Waals surface area contributed by atoms with Gasteiger partial charge >= 0.3 is 5.97 Å². The second kappa shape index (κ2) is 9.16. The van der Waals surface area contributed by atoms with Crippen molar-refractivity contribution in [1.29, 1.82) is 0 Å². The van der Waals surface area contributed by atoms with Crippen LogP contribution >= 0.6 is 11.3 Å². The molecule has 0 aromatic carbocycles. The van der Waals surface area contributed by atoms with Gasteiger partial charge in [-0.15, -0.1) is 11.3 Å². The molecular weight excluding hydrogens is 366 g/mol. The van der Waals surface area contributed by atoms with Gasteiger partial charge < -0.3 is 14.5 Å². The van der Waals surface area contributed by atoms with Gasteiger partial charge in [0, 0.05) is 31.1 Å². The first-order valence-corrected chi connectivity index (χ1v) is 9.88. The summed E-state index contributed by atoms with van der Waals surface area (Å²) in [6, 6.07) is 5.66. The molecule has 3 rings (SSSR count). The highest BCUT2D eigenvalue weighted by Crippen LogP contribution is 2.29. The van der Waals surface area contributed by atoms with Crippen LogP contribution in [-0.2, 0) is 22.5 Å². The predicted molar refractivity (Wildman–Crippen MR) is 104 cm³/mol. The Morgan fingerprint density at radius 3 is 2.63 bits per heavy atom. The zero-order valence-corrected chi connectivity index (χ0v) is 16.5. The molecule has 0 spiro atoms. The fourth-order valence-corrected chi connectivity index (χ4v) is 4.07. The van der Waals surface area contributed by atoms with Gasteiger partial charge in [0.15, 0.2) is 0 Å². The van der Waals surface area contributed by atoms with Crippen LogP contribution in [0.25, 0.3) is 0 Å². The number of anilines is 1. The first-order chi connectivity index (χ1) is 13.1. The number of carbonyl (C=O) groups is 2. The van der Waals surface area contributed by atoms with Crippen molar-refractivity contribution in [3.05, 3.63) is 40.7 Å². The number of nitrogens with zero attached hydrogens (tertiary/aromatic N) is 2. The molecule has 0 radical (unpaired) electrons. The van der Waals surface area contributed by atoms with Crippen LogP contribution in [0.5, 0.6) is 0 Å². The van der Waals surface area contributed by atoms with Crippen molar-refractivity contribution in [2.45, 2.75) is 19.9 Å². The van der Waals surface area contributed by atoms with Gasteiger partial charge in [0.2, 0.25) is 5.91 Å². The topological polar surface area (TPSA) is 75.0 Å². The van der Waals surface area contributed by atoms with Gasteiger partial charge in [-0.1, -0.05) is 6.92 Å². The first kappa shape index (κ1) is 19.6. The second-order valence-corrected chi connectivity index (χ2v) is 7.62. The number of piperazine rings is 1. The SMILES string of the molecule is CCc1cc(C(=O)OC)c(NC(=O)CN2CCN(Cc3ccco3)CC2)s1. The molecule has 1 aliphatic rings. The Hall–Kier alpha value is -2.16. The number of hydrogen-bond acceptors (Lipinski definition) is 7. The molecule has 1 aliphatic heterocycles. The Kier molecular flexibility index (Phi) is 6.65. The molecule has 7 nitrogen and oxygen atoms in total. The molecule has 146 valence electrons. The van der Waals surface area contributed by atoms with E-state index in [0.717, 1.165) is 49.8 Å². The van der Waals surface area contributed by atoms with E-state index in [2.05, 4.69) is 15.1 Å². The van der Waals surface area contributed by atoms with Crippen molar-refractivity contribution >= 4 is 28.2 Å². The monoisotopic (exact) mass is 391 g/mol. The summed E-state index contributed by atoms with van der Waals surface area (Å²) in [6.45, 7) is 6.55. The van der Waals surface area contributed by atoms with Crippen LogP contribution in [0, 0.1) is 0 Å². The standard InChI is InChI=1S/C19H25N3O4S/c1-3-15-11-16(19(24)25-2)18(27-15)20-17(23)13-22-8-6-21(7-9-22)12-14-5-4-10-26-14/h4-5,10-11H,3,6-9,12-13H2,1-2H3,(H,20,23). The quantitative estimate of drug-likeness (QED) is 0.731. The average Bonchev–Trinajstić information content (AvgIpc) is 3.32. The van der Waals surface area contributed by atoms with Crippen LogP contribution in [0.15, 0.2) is 28.9 Å². The van der Waals surface area contributed by atoms with Gasteiger partial charge in [-0.2, -0.15) is 0 Å². The summed E-state index contributed by atoms with van der Waals surface area (Å²) < 4.78 is 10.2. The summed E-state index contributed by atoms with van der Waals surface area (Å²) in [5.74, 6) is 0.429. The minimum Gasteiger partial charge on any atom is -0.468 e. The third-order valence-electron chi connectivity index (χ3n) is 4.58. The van der Waals surface area contributed by atoms with Gasteiger partial charge in [-0.05, 0) is 24.6 Å². The van der Waals surface area contributed by atoms with Crippen LogP contribution in [-0.4, -0.2) is 61.5 Å². The largest absolute Gasteiger partial charge is 0.468 e. The summed E-state index contributed by atoms with van der Waals surface area (Å²) in [5.41, 5.74) is 0.427. The summed E-state index contributed by atoms with van der Waals surface area (Å²) in [7, 11) is 1.35. The number of thiophene rings is 1. The summed E-state index contributed by atoms with van der Waals surface area (Å²) >= 11 is 1.43. The summed E-state index contributed by atoms with van der Waals surface area (Å²) in [6.07, 6.45) is 2.50. The number of rotatable bonds is 7. The fourth-order valence-electron chi connectivity index (χ4n) is 3.07. The predicted octanol–water partition coefficient (Wildman–Crippen LogP) is 2.45. The lowest BCUT2D eigenvalue weighted by atomic mass is 10.2. The highest BCUT2D eigenvalue weighted by atomic mass is 32.1. The number of amides is 1. The molecule has 0 unspecified atom stereocenters. The van der Waals surface area contributed by atoms with Crippen LogP contribution < -0.4 is 5.32 Å². The third kappa shape index (κ3) is 5.18. The number of hydrogen-bond donors (Lipinski definition) is 1. The molecule has 1 N–H and O–H groups in total. The highest BCUT2D eigenvalue weighted by molar-refractivity contribution is 7.16. The van der Waals surface area contributed by atoms with E-state index < -0.39 is 5.97 Å². The minimum absolute atomic E-state index is 0.107. The number of aryl methyl sites for hydroxylation is 1. The number of esters is 1. The molecule has 0 bridgehead atoms. The van der Waals surface area contributed by atoms with Crippen molar-refractivity contribution in [1.82, 2.24) is 9.80 Å². The molecular formula is C19H25N3O4S. The van der Waals surface area contributed by atoms with Gasteiger partial charge in [0.05, 0.1) is 32.0 Å². The molecule has 1 fully saturated rings. The molecule has 0 aliphatic carbocycles. The minimum atomic E-state index is -0.423. The Morgan fingerprint density at radius 2 is 2.00 bits per heavy atom. The lowest BCUT2D eigenvalue weighted by Crippen LogP contribution is -2.48. The molecule has 3 heterocycles. The highest BCUT2D eigenvalue weighted by Gasteiger charge is 2.22. The van der Waals surface area contributed by atoms with Gasteiger partial charge in [-0.3, -0.25) is 14.6 Å². The average molecular weight is 391 g/mol. The van der Waals surface area contributed by atoms with E-state index in [1.165, 1.54) is 18.4 Å².